The third-order valence-corrected chi connectivity index (χ3v) is 5.76. The van der Waals surface area contributed by atoms with Crippen LogP contribution in [0.4, 0.5) is 8.78 Å². The van der Waals surface area contributed by atoms with Crippen LogP contribution in [0.2, 0.25) is 5.15 Å². The van der Waals surface area contributed by atoms with E-state index in [1.807, 2.05) is 0 Å². The summed E-state index contributed by atoms with van der Waals surface area (Å²) in [7, 11) is -4.01. The number of hydrogen-bond acceptors (Lipinski definition) is 3. The molecule has 0 saturated heterocycles. The van der Waals surface area contributed by atoms with Crippen molar-refractivity contribution in [2.24, 2.45) is 5.92 Å². The van der Waals surface area contributed by atoms with Crippen molar-refractivity contribution in [3.8, 4) is 0 Å². The normalized spacial score (nSPS) is 16.9. The highest BCUT2D eigenvalue weighted by atomic mass is 35.5. The Bertz CT molecular complexity index is 852. The lowest BCUT2D eigenvalue weighted by molar-refractivity contribution is 0.0989. The molecule has 1 aliphatic carbocycles. The van der Waals surface area contributed by atoms with Gasteiger partial charge in [-0.15, -0.1) is 0 Å². The van der Waals surface area contributed by atoms with Crippen LogP contribution < -0.4 is 4.72 Å². The zero-order valence-corrected chi connectivity index (χ0v) is 13.8. The first-order valence-corrected chi connectivity index (χ1v) is 9.01. The van der Waals surface area contributed by atoms with Crippen molar-refractivity contribution < 1.29 is 17.2 Å². The van der Waals surface area contributed by atoms with Gasteiger partial charge in [-0.25, -0.2) is 26.9 Å². The molecule has 0 radical (unpaired) electrons. The van der Waals surface area contributed by atoms with Crippen molar-refractivity contribution in [2.75, 3.05) is 0 Å². The molecule has 1 aromatic carbocycles. The number of aromatic nitrogens is 1. The molecular weight excluding hydrogens is 346 g/mol. The third-order valence-electron chi connectivity index (χ3n) is 3.92. The van der Waals surface area contributed by atoms with Gasteiger partial charge in [0.2, 0.25) is 10.0 Å². The van der Waals surface area contributed by atoms with Crippen LogP contribution in [0.5, 0.6) is 0 Å². The lowest BCUT2D eigenvalue weighted by Crippen LogP contribution is -2.41. The molecule has 1 atom stereocenters. The van der Waals surface area contributed by atoms with E-state index in [0.717, 1.165) is 0 Å². The van der Waals surface area contributed by atoms with Crippen LogP contribution in [0.25, 0.3) is 10.9 Å². The number of fused-ring (bicyclic) bond motifs is 1. The average Bonchev–Trinajstić information content (AvgIpc) is 3.30. The molecule has 2 aromatic rings. The number of nitrogens with zero attached hydrogens (tertiary/aromatic N) is 1. The number of rotatable bonds is 5. The molecule has 23 heavy (non-hydrogen) atoms. The van der Waals surface area contributed by atoms with Crippen molar-refractivity contribution in [3.63, 3.8) is 0 Å². The Morgan fingerprint density at radius 3 is 2.61 bits per heavy atom. The van der Waals surface area contributed by atoms with Gasteiger partial charge in [0.15, 0.2) is 0 Å². The maximum absolute atomic E-state index is 13.0. The summed E-state index contributed by atoms with van der Waals surface area (Å²) in [4.78, 5) is 4.10. The second kappa shape index (κ2) is 5.96. The van der Waals surface area contributed by atoms with Crippen molar-refractivity contribution >= 4 is 32.5 Å². The number of hydrogen-bond donors (Lipinski definition) is 1. The molecule has 8 heteroatoms. The van der Waals surface area contributed by atoms with Gasteiger partial charge in [-0.3, -0.25) is 0 Å². The molecule has 0 bridgehead atoms. The standard InChI is InChI=1S/C15H15ClF2N2O2S/c1-8-6-10-7-11(4-5-12(10)19-14(8)16)23(21,22)20-13(15(17)18)9-2-3-9/h4-7,9,13,15,20H,2-3H2,1H3. The first-order chi connectivity index (χ1) is 10.8. The van der Waals surface area contributed by atoms with Gasteiger partial charge < -0.3 is 0 Å². The highest BCUT2D eigenvalue weighted by Crippen LogP contribution is 2.36. The number of alkyl halides is 2. The Hall–Kier alpha value is -1.31. The van der Waals surface area contributed by atoms with Crippen LogP contribution in [-0.4, -0.2) is 25.9 Å². The number of halogens is 3. The molecule has 124 valence electrons. The number of nitrogens with one attached hydrogen (secondary N) is 1. The number of pyridine rings is 1. The maximum Gasteiger partial charge on any atom is 0.255 e. The van der Waals surface area contributed by atoms with Crippen LogP contribution in [-0.2, 0) is 10.0 Å². The SMILES string of the molecule is Cc1cc2cc(S(=O)(=O)NC(C(F)F)C3CC3)ccc2nc1Cl. The summed E-state index contributed by atoms with van der Waals surface area (Å²) < 4.78 is 53.0. The van der Waals surface area contributed by atoms with Gasteiger partial charge in [0.25, 0.3) is 6.43 Å². The van der Waals surface area contributed by atoms with Crippen LogP contribution in [0, 0.1) is 12.8 Å². The van der Waals surface area contributed by atoms with E-state index in [9.17, 15) is 17.2 Å². The maximum atomic E-state index is 13.0. The van der Waals surface area contributed by atoms with Gasteiger partial charge in [-0.2, -0.15) is 0 Å². The lowest BCUT2D eigenvalue weighted by Gasteiger charge is -2.17. The van der Waals surface area contributed by atoms with Gasteiger partial charge in [-0.1, -0.05) is 11.6 Å². The largest absolute Gasteiger partial charge is 0.255 e. The minimum Gasteiger partial charge on any atom is -0.236 e. The zero-order valence-electron chi connectivity index (χ0n) is 12.3. The zero-order chi connectivity index (χ0) is 16.8. The molecule has 3 rings (SSSR count). The molecule has 0 spiro atoms. The first kappa shape index (κ1) is 16.5. The van der Waals surface area contributed by atoms with Crippen LogP contribution >= 0.6 is 11.6 Å². The quantitative estimate of drug-likeness (QED) is 0.830. The smallest absolute Gasteiger partial charge is 0.236 e. The summed E-state index contributed by atoms with van der Waals surface area (Å²) in [6.07, 6.45) is -1.48. The highest BCUT2D eigenvalue weighted by Gasteiger charge is 2.40. The third kappa shape index (κ3) is 3.46. The molecule has 1 fully saturated rings. The topological polar surface area (TPSA) is 59.1 Å². The molecule has 0 amide bonds. The molecule has 1 aliphatic rings. The Morgan fingerprint density at radius 2 is 2.00 bits per heavy atom. The van der Waals surface area contributed by atoms with Gasteiger partial charge >= 0.3 is 0 Å². The summed E-state index contributed by atoms with van der Waals surface area (Å²) in [6, 6.07) is 4.67. The van der Waals surface area contributed by atoms with Crippen molar-refractivity contribution in [2.45, 2.75) is 37.1 Å². The van der Waals surface area contributed by atoms with E-state index in [0.29, 0.717) is 34.5 Å². The first-order valence-electron chi connectivity index (χ1n) is 7.15. The minimum absolute atomic E-state index is 0.0557. The monoisotopic (exact) mass is 360 g/mol. The van der Waals surface area contributed by atoms with Gasteiger partial charge in [0, 0.05) is 5.39 Å². The molecule has 1 heterocycles. The molecule has 1 aromatic heterocycles. The fraction of sp³-hybridized carbons (Fsp3) is 0.400. The number of sulfonamides is 1. The van der Waals surface area contributed by atoms with Crippen molar-refractivity contribution in [1.82, 2.24) is 9.71 Å². The van der Waals surface area contributed by atoms with Crippen LogP contribution in [0.15, 0.2) is 29.2 Å². The predicted molar refractivity (Wildman–Crippen MR) is 84.3 cm³/mol. The summed E-state index contributed by atoms with van der Waals surface area (Å²) >= 11 is 5.94. The molecule has 0 aliphatic heterocycles. The van der Waals surface area contributed by atoms with Gasteiger partial charge in [-0.05, 0) is 55.5 Å². The summed E-state index contributed by atoms with van der Waals surface area (Å²) in [5.41, 5.74) is 1.26. The van der Waals surface area contributed by atoms with E-state index >= 15 is 0 Å². The van der Waals surface area contributed by atoms with Crippen molar-refractivity contribution in [3.05, 3.63) is 35.0 Å². The number of benzene rings is 1. The summed E-state index contributed by atoms with van der Waals surface area (Å²) in [5, 5.41) is 0.938. The lowest BCUT2D eigenvalue weighted by atomic mass is 10.2. The van der Waals surface area contributed by atoms with Crippen LogP contribution in [0.1, 0.15) is 18.4 Å². The van der Waals surface area contributed by atoms with E-state index in [1.54, 1.807) is 13.0 Å². The van der Waals surface area contributed by atoms with Crippen LogP contribution in [0.3, 0.4) is 0 Å². The highest BCUT2D eigenvalue weighted by molar-refractivity contribution is 7.89. The van der Waals surface area contributed by atoms with Gasteiger partial charge in [0.05, 0.1) is 16.5 Å². The van der Waals surface area contributed by atoms with Gasteiger partial charge in [0.1, 0.15) is 5.15 Å². The second-order valence-electron chi connectivity index (χ2n) is 5.77. The Labute approximate surface area is 137 Å². The van der Waals surface area contributed by atoms with E-state index in [4.69, 9.17) is 11.6 Å². The predicted octanol–water partition coefficient (Wildman–Crippen LogP) is 3.52. The number of aryl methyl sites for hydroxylation is 1. The van der Waals surface area contributed by atoms with E-state index < -0.39 is 22.5 Å². The van der Waals surface area contributed by atoms with E-state index in [1.165, 1.54) is 18.2 Å². The average molecular weight is 361 g/mol. The molecule has 4 nitrogen and oxygen atoms in total. The van der Waals surface area contributed by atoms with Crippen molar-refractivity contribution in [1.29, 1.82) is 0 Å². The Balaban J connectivity index is 1.96. The minimum atomic E-state index is -4.01. The van der Waals surface area contributed by atoms with E-state index in [2.05, 4.69) is 9.71 Å². The Morgan fingerprint density at radius 1 is 1.30 bits per heavy atom. The molecule has 1 unspecified atom stereocenters. The summed E-state index contributed by atoms with van der Waals surface area (Å²) in [5.74, 6) is -0.284. The fourth-order valence-electron chi connectivity index (χ4n) is 2.46. The Kier molecular flexibility index (Phi) is 4.29. The summed E-state index contributed by atoms with van der Waals surface area (Å²) in [6.45, 7) is 1.76. The fourth-order valence-corrected chi connectivity index (χ4v) is 3.92. The van der Waals surface area contributed by atoms with E-state index in [-0.39, 0.29) is 10.8 Å². The second-order valence-corrected chi connectivity index (χ2v) is 7.84. The molecular formula is C15H15ClF2N2O2S. The molecule has 1 N–H and O–H groups in total. The molecule has 1 saturated carbocycles.